The lowest BCUT2D eigenvalue weighted by molar-refractivity contribution is -0.0602. The Morgan fingerprint density at radius 3 is 3.00 bits per heavy atom. The van der Waals surface area contributed by atoms with Crippen molar-refractivity contribution in [3.05, 3.63) is 48.5 Å². The molecule has 4 rings (SSSR count). The van der Waals surface area contributed by atoms with E-state index in [2.05, 4.69) is 20.5 Å². The van der Waals surface area contributed by atoms with Crippen molar-refractivity contribution < 1.29 is 9.53 Å². The van der Waals surface area contributed by atoms with Crippen LogP contribution in [0.15, 0.2) is 43.0 Å². The number of ether oxygens (including phenoxy) is 1. The fourth-order valence-electron chi connectivity index (χ4n) is 3.83. The van der Waals surface area contributed by atoms with Crippen molar-refractivity contribution in [3.8, 4) is 0 Å². The lowest BCUT2D eigenvalue weighted by Gasteiger charge is -2.39. The van der Waals surface area contributed by atoms with Gasteiger partial charge in [-0.15, -0.1) is 0 Å². The summed E-state index contributed by atoms with van der Waals surface area (Å²) in [6, 6.07) is 5.78. The van der Waals surface area contributed by atoms with E-state index in [1.54, 1.807) is 18.5 Å². The molecule has 1 saturated carbocycles. The van der Waals surface area contributed by atoms with Crippen LogP contribution >= 0.6 is 0 Å². The number of nitrogens with zero attached hydrogens (tertiary/aromatic N) is 4. The van der Waals surface area contributed by atoms with Crippen LogP contribution in [0.5, 0.6) is 0 Å². The smallest absolute Gasteiger partial charge is 0.255 e. The van der Waals surface area contributed by atoms with Gasteiger partial charge in [0.25, 0.3) is 5.91 Å². The molecule has 2 aliphatic rings. The topological polar surface area (TPSA) is 80.2 Å². The zero-order valence-electron chi connectivity index (χ0n) is 13.9. The van der Waals surface area contributed by atoms with Crippen LogP contribution in [0.2, 0.25) is 0 Å². The third-order valence-corrected chi connectivity index (χ3v) is 5.04. The van der Waals surface area contributed by atoms with Crippen molar-refractivity contribution in [2.75, 3.05) is 25.0 Å². The minimum absolute atomic E-state index is 0.0223. The highest BCUT2D eigenvalue weighted by Gasteiger charge is 2.44. The molecule has 1 aliphatic heterocycles. The van der Waals surface area contributed by atoms with Crippen molar-refractivity contribution in [1.82, 2.24) is 20.1 Å². The van der Waals surface area contributed by atoms with Gasteiger partial charge in [-0.05, 0) is 31.0 Å². The average molecular weight is 339 g/mol. The molecule has 0 unspecified atom stereocenters. The van der Waals surface area contributed by atoms with Crippen LogP contribution < -0.4 is 5.32 Å². The Balaban J connectivity index is 1.42. The SMILES string of the molecule is O=C(c1ccnnc1)N1CCO[C@@H]2[C@H](CNc3cccnc3)CC[C@@H]21. The summed E-state index contributed by atoms with van der Waals surface area (Å²) < 4.78 is 6.04. The summed E-state index contributed by atoms with van der Waals surface area (Å²) >= 11 is 0. The van der Waals surface area contributed by atoms with Gasteiger partial charge in [-0.2, -0.15) is 10.2 Å². The van der Waals surface area contributed by atoms with E-state index in [0.29, 0.717) is 24.6 Å². The van der Waals surface area contributed by atoms with E-state index in [0.717, 1.165) is 25.1 Å². The van der Waals surface area contributed by atoms with Gasteiger partial charge in [0, 0.05) is 31.4 Å². The van der Waals surface area contributed by atoms with Gasteiger partial charge < -0.3 is 15.0 Å². The van der Waals surface area contributed by atoms with Crippen molar-refractivity contribution in [1.29, 1.82) is 0 Å². The first-order valence-corrected chi connectivity index (χ1v) is 8.66. The molecule has 1 aliphatic carbocycles. The van der Waals surface area contributed by atoms with E-state index in [1.807, 2.05) is 23.2 Å². The molecule has 0 aromatic carbocycles. The summed E-state index contributed by atoms with van der Waals surface area (Å²) in [4.78, 5) is 18.9. The highest BCUT2D eigenvalue weighted by atomic mass is 16.5. The molecule has 2 aromatic heterocycles. The molecular weight excluding hydrogens is 318 g/mol. The molecular formula is C18H21N5O2. The van der Waals surface area contributed by atoms with Gasteiger partial charge >= 0.3 is 0 Å². The predicted molar refractivity (Wildman–Crippen MR) is 92.0 cm³/mol. The molecule has 7 heteroatoms. The fraction of sp³-hybridized carbons (Fsp3) is 0.444. The van der Waals surface area contributed by atoms with E-state index in [9.17, 15) is 4.79 Å². The molecule has 3 atom stereocenters. The van der Waals surface area contributed by atoms with Crippen LogP contribution in [0.1, 0.15) is 23.2 Å². The van der Waals surface area contributed by atoms with Crippen molar-refractivity contribution >= 4 is 11.6 Å². The van der Waals surface area contributed by atoms with Gasteiger partial charge in [-0.1, -0.05) is 0 Å². The van der Waals surface area contributed by atoms with E-state index in [1.165, 1.54) is 6.20 Å². The largest absolute Gasteiger partial charge is 0.383 e. The van der Waals surface area contributed by atoms with Crippen molar-refractivity contribution in [2.24, 2.45) is 5.92 Å². The van der Waals surface area contributed by atoms with Crippen LogP contribution in [-0.4, -0.2) is 57.8 Å². The highest BCUT2D eigenvalue weighted by molar-refractivity contribution is 5.94. The normalized spacial score (nSPS) is 25.4. The summed E-state index contributed by atoms with van der Waals surface area (Å²) in [6.07, 6.45) is 8.76. The Morgan fingerprint density at radius 1 is 1.24 bits per heavy atom. The number of fused-ring (bicyclic) bond motifs is 1. The quantitative estimate of drug-likeness (QED) is 0.911. The fourth-order valence-corrected chi connectivity index (χ4v) is 3.83. The molecule has 1 saturated heterocycles. The lowest BCUT2D eigenvalue weighted by Crippen LogP contribution is -2.53. The van der Waals surface area contributed by atoms with Crippen LogP contribution in [-0.2, 0) is 4.74 Å². The summed E-state index contributed by atoms with van der Waals surface area (Å²) in [7, 11) is 0. The maximum absolute atomic E-state index is 12.8. The van der Waals surface area contributed by atoms with Gasteiger partial charge in [0.15, 0.2) is 0 Å². The van der Waals surface area contributed by atoms with Crippen molar-refractivity contribution in [3.63, 3.8) is 0 Å². The Kier molecular flexibility index (Phi) is 4.56. The zero-order chi connectivity index (χ0) is 17.1. The minimum atomic E-state index is 0.0223. The number of hydrogen-bond donors (Lipinski definition) is 1. The van der Waals surface area contributed by atoms with E-state index < -0.39 is 0 Å². The highest BCUT2D eigenvalue weighted by Crippen LogP contribution is 2.35. The molecule has 2 fully saturated rings. The molecule has 1 N–H and O–H groups in total. The molecule has 1 amide bonds. The average Bonchev–Trinajstić information content (AvgIpc) is 3.10. The minimum Gasteiger partial charge on any atom is -0.383 e. The molecule has 0 spiro atoms. The zero-order valence-corrected chi connectivity index (χ0v) is 13.9. The van der Waals surface area contributed by atoms with E-state index >= 15 is 0 Å². The maximum atomic E-state index is 12.8. The molecule has 0 radical (unpaired) electrons. The molecule has 0 bridgehead atoms. The number of carbonyl (C=O) groups excluding carboxylic acids is 1. The summed E-state index contributed by atoms with van der Waals surface area (Å²) in [5.74, 6) is 0.408. The molecule has 3 heterocycles. The Morgan fingerprint density at radius 2 is 2.20 bits per heavy atom. The first-order valence-electron chi connectivity index (χ1n) is 8.66. The molecule has 2 aromatic rings. The van der Waals surface area contributed by atoms with Crippen LogP contribution in [0.4, 0.5) is 5.69 Å². The van der Waals surface area contributed by atoms with Gasteiger partial charge in [-0.25, -0.2) is 0 Å². The standard InChI is InChI=1S/C18H21N5O2/c24-18(14-5-7-21-22-11-14)23-8-9-25-17-13(3-4-16(17)23)10-20-15-2-1-6-19-12-15/h1-2,5-7,11-13,16-17,20H,3-4,8-10H2/t13-,16-,17+/m0/s1. The number of morpholine rings is 1. The predicted octanol–water partition coefficient (Wildman–Crippen LogP) is 1.60. The number of aromatic nitrogens is 3. The Bertz CT molecular complexity index is 712. The van der Waals surface area contributed by atoms with E-state index in [-0.39, 0.29) is 18.1 Å². The monoisotopic (exact) mass is 339 g/mol. The molecule has 25 heavy (non-hydrogen) atoms. The van der Waals surface area contributed by atoms with Crippen LogP contribution in [0.3, 0.4) is 0 Å². The summed E-state index contributed by atoms with van der Waals surface area (Å²) in [6.45, 7) is 2.03. The maximum Gasteiger partial charge on any atom is 0.255 e. The second-order valence-electron chi connectivity index (χ2n) is 6.49. The van der Waals surface area contributed by atoms with Gasteiger partial charge in [-0.3, -0.25) is 9.78 Å². The first kappa shape index (κ1) is 16.0. The molecule has 7 nitrogen and oxygen atoms in total. The Labute approximate surface area is 146 Å². The number of amides is 1. The number of nitrogens with one attached hydrogen (secondary N) is 1. The second-order valence-corrected chi connectivity index (χ2v) is 6.49. The molecule has 130 valence electrons. The van der Waals surface area contributed by atoms with Crippen LogP contribution in [0.25, 0.3) is 0 Å². The van der Waals surface area contributed by atoms with Gasteiger partial charge in [0.1, 0.15) is 0 Å². The lowest BCUT2D eigenvalue weighted by atomic mass is 10.0. The number of anilines is 1. The van der Waals surface area contributed by atoms with Gasteiger partial charge in [0.2, 0.25) is 0 Å². The number of hydrogen-bond acceptors (Lipinski definition) is 6. The summed E-state index contributed by atoms with van der Waals surface area (Å²) in [5.41, 5.74) is 1.60. The third-order valence-electron chi connectivity index (χ3n) is 5.04. The number of pyridine rings is 1. The number of carbonyl (C=O) groups is 1. The van der Waals surface area contributed by atoms with E-state index in [4.69, 9.17) is 4.74 Å². The third kappa shape index (κ3) is 3.32. The number of rotatable bonds is 4. The Hall–Kier alpha value is -2.54. The summed E-state index contributed by atoms with van der Waals surface area (Å²) in [5, 5.41) is 11.0. The second kappa shape index (κ2) is 7.14. The first-order chi connectivity index (χ1) is 12.3. The van der Waals surface area contributed by atoms with Crippen LogP contribution in [0, 0.1) is 5.92 Å². The van der Waals surface area contributed by atoms with Crippen molar-refractivity contribution in [2.45, 2.75) is 25.0 Å². The van der Waals surface area contributed by atoms with Gasteiger partial charge in [0.05, 0.1) is 42.4 Å².